The van der Waals surface area contributed by atoms with Crippen LogP contribution in [0.4, 0.5) is 0 Å². The first kappa shape index (κ1) is 14.1. The molecule has 4 nitrogen and oxygen atoms in total. The molecule has 0 spiro atoms. The first-order valence-electron chi connectivity index (χ1n) is 7.11. The van der Waals surface area contributed by atoms with Gasteiger partial charge >= 0.3 is 5.97 Å². The summed E-state index contributed by atoms with van der Waals surface area (Å²) in [6.45, 7) is 2.08. The first-order chi connectivity index (χ1) is 10.7. The van der Waals surface area contributed by atoms with Gasteiger partial charge in [0.1, 0.15) is 5.57 Å². The third kappa shape index (κ3) is 2.39. The monoisotopic (exact) mass is 294 g/mol. The predicted molar refractivity (Wildman–Crippen MR) is 83.4 cm³/mol. The fourth-order valence-electron chi connectivity index (χ4n) is 2.45. The summed E-state index contributed by atoms with van der Waals surface area (Å²) in [5, 5.41) is 10.6. The summed E-state index contributed by atoms with van der Waals surface area (Å²) in [4.78, 5) is 12.1. The van der Waals surface area contributed by atoms with E-state index in [1.807, 2.05) is 54.7 Å². The van der Waals surface area contributed by atoms with E-state index in [2.05, 4.69) is 0 Å². The largest absolute Gasteiger partial charge is 0.502 e. The van der Waals surface area contributed by atoms with Crippen LogP contribution >= 0.6 is 0 Å². The van der Waals surface area contributed by atoms with Gasteiger partial charge < -0.3 is 9.84 Å². The fraction of sp³-hybridized carbons (Fsp3) is 0.111. The normalized spacial score (nSPS) is 15.0. The maximum absolute atomic E-state index is 12.1. The van der Waals surface area contributed by atoms with Crippen LogP contribution in [0.15, 0.2) is 60.8 Å². The number of allylic oxidation sites excluding steroid dienone is 2. The number of esters is 1. The van der Waals surface area contributed by atoms with Gasteiger partial charge in [-0.1, -0.05) is 30.3 Å². The average Bonchev–Trinajstić information content (AvgIpc) is 2.95. The number of carbonyl (C=O) groups excluding carboxylic acids is 1. The van der Waals surface area contributed by atoms with Gasteiger partial charge in [0, 0.05) is 23.8 Å². The number of fused-ring (bicyclic) bond motifs is 1. The quantitative estimate of drug-likeness (QED) is 0.538. The standard InChI is InChI=1S/C18H15NO3/c1-2-22-18(21)14-12-16(19-11-7-6-10-15(14)19)17(20)13-8-4-3-5-9-13/h3-12H,2H2,1H3/p+1. The Morgan fingerprint density at radius 1 is 1.14 bits per heavy atom. The van der Waals surface area contributed by atoms with E-state index in [4.69, 9.17) is 4.74 Å². The van der Waals surface area contributed by atoms with E-state index in [0.717, 1.165) is 0 Å². The summed E-state index contributed by atoms with van der Waals surface area (Å²) in [6, 6.07) is 14.8. The van der Waals surface area contributed by atoms with Crippen molar-refractivity contribution in [2.75, 3.05) is 6.61 Å². The van der Waals surface area contributed by atoms with Crippen LogP contribution < -0.4 is 4.57 Å². The first-order valence-corrected chi connectivity index (χ1v) is 7.11. The van der Waals surface area contributed by atoms with E-state index in [1.165, 1.54) is 0 Å². The van der Waals surface area contributed by atoms with Crippen LogP contribution in [-0.4, -0.2) is 17.7 Å². The van der Waals surface area contributed by atoms with Crippen LogP contribution in [0.5, 0.6) is 0 Å². The number of benzene rings is 1. The Morgan fingerprint density at radius 3 is 2.59 bits per heavy atom. The van der Waals surface area contributed by atoms with Crippen molar-refractivity contribution in [2.24, 2.45) is 0 Å². The number of pyridine rings is 1. The Hall–Kier alpha value is -2.88. The summed E-state index contributed by atoms with van der Waals surface area (Å²) < 4.78 is 6.88. The van der Waals surface area contributed by atoms with Gasteiger partial charge in [-0.2, -0.15) is 4.57 Å². The average molecular weight is 294 g/mol. The molecule has 1 N–H and O–H groups in total. The van der Waals surface area contributed by atoms with Crippen molar-refractivity contribution in [3.63, 3.8) is 0 Å². The smallest absolute Gasteiger partial charge is 0.345 e. The maximum atomic E-state index is 12.1. The summed E-state index contributed by atoms with van der Waals surface area (Å²) in [5.41, 5.74) is 2.41. The molecule has 0 fully saturated rings. The predicted octanol–water partition coefficient (Wildman–Crippen LogP) is 2.82. The van der Waals surface area contributed by atoms with Crippen LogP contribution in [0.2, 0.25) is 0 Å². The van der Waals surface area contributed by atoms with Gasteiger partial charge in [0.2, 0.25) is 5.69 Å². The molecule has 22 heavy (non-hydrogen) atoms. The molecule has 3 rings (SSSR count). The van der Waals surface area contributed by atoms with E-state index in [9.17, 15) is 9.90 Å². The zero-order chi connectivity index (χ0) is 15.5. The highest BCUT2D eigenvalue weighted by molar-refractivity contribution is 6.18. The van der Waals surface area contributed by atoms with Gasteiger partial charge in [0.05, 0.1) is 6.61 Å². The van der Waals surface area contributed by atoms with Gasteiger partial charge in [-0.25, -0.2) is 4.79 Å². The lowest BCUT2D eigenvalue weighted by Crippen LogP contribution is -2.33. The molecular formula is C18H16NO3+. The van der Waals surface area contributed by atoms with Crippen LogP contribution in [0.25, 0.3) is 17.0 Å². The van der Waals surface area contributed by atoms with Crippen molar-refractivity contribution in [3.05, 3.63) is 72.1 Å². The Morgan fingerprint density at radius 2 is 1.86 bits per heavy atom. The number of ether oxygens (including phenoxy) is 1. The summed E-state index contributed by atoms with van der Waals surface area (Å²) in [6.07, 6.45) is 3.47. The number of aliphatic hydroxyl groups is 1. The molecule has 0 unspecified atom stereocenters. The Balaban J connectivity index is 2.15. The number of carbonyl (C=O) groups is 1. The fourth-order valence-corrected chi connectivity index (χ4v) is 2.45. The van der Waals surface area contributed by atoms with Crippen molar-refractivity contribution in [3.8, 4) is 0 Å². The number of nitrogens with zero attached hydrogens (tertiary/aromatic N) is 1. The molecular weight excluding hydrogens is 278 g/mol. The molecule has 0 bridgehead atoms. The lowest BCUT2D eigenvalue weighted by molar-refractivity contribution is -0.577. The maximum Gasteiger partial charge on any atom is 0.345 e. The van der Waals surface area contributed by atoms with Crippen LogP contribution in [-0.2, 0) is 9.53 Å². The van der Waals surface area contributed by atoms with Crippen molar-refractivity contribution >= 4 is 23.0 Å². The van der Waals surface area contributed by atoms with Crippen molar-refractivity contribution in [2.45, 2.75) is 6.92 Å². The molecule has 1 aliphatic heterocycles. The lowest BCUT2D eigenvalue weighted by Gasteiger charge is -2.01. The van der Waals surface area contributed by atoms with Crippen molar-refractivity contribution < 1.29 is 19.2 Å². The molecule has 0 saturated carbocycles. The Kier molecular flexibility index (Phi) is 3.74. The number of hydrogen-bond donors (Lipinski definition) is 1. The summed E-state index contributed by atoms with van der Waals surface area (Å²) in [7, 11) is 0. The molecule has 0 radical (unpaired) electrons. The SMILES string of the molecule is CCOC(=O)C1=C/C(=C(/O)c2ccccc2)[n+]2ccccc21. The number of aromatic nitrogens is 1. The van der Waals surface area contributed by atoms with Crippen LogP contribution in [0, 0.1) is 0 Å². The molecule has 0 aliphatic carbocycles. The number of hydrogen-bond acceptors (Lipinski definition) is 3. The zero-order valence-corrected chi connectivity index (χ0v) is 12.2. The molecule has 110 valence electrons. The molecule has 0 amide bonds. The second-order valence-corrected chi connectivity index (χ2v) is 4.83. The summed E-state index contributed by atoms with van der Waals surface area (Å²) >= 11 is 0. The van der Waals surface area contributed by atoms with E-state index >= 15 is 0 Å². The third-order valence-corrected chi connectivity index (χ3v) is 3.46. The highest BCUT2D eigenvalue weighted by atomic mass is 16.5. The van der Waals surface area contributed by atoms with E-state index in [1.54, 1.807) is 17.6 Å². The highest BCUT2D eigenvalue weighted by Crippen LogP contribution is 2.27. The number of rotatable bonds is 3. The molecule has 2 aromatic rings. The molecule has 2 heterocycles. The van der Waals surface area contributed by atoms with E-state index in [0.29, 0.717) is 29.1 Å². The number of aliphatic hydroxyl groups excluding tert-OH is 1. The van der Waals surface area contributed by atoms with Gasteiger partial charge in [-0.05, 0) is 13.0 Å². The second kappa shape index (κ2) is 5.85. The molecule has 0 atom stereocenters. The van der Waals surface area contributed by atoms with Crippen molar-refractivity contribution in [1.82, 2.24) is 0 Å². The minimum Gasteiger partial charge on any atom is -0.502 e. The zero-order valence-electron chi connectivity index (χ0n) is 12.2. The lowest BCUT2D eigenvalue weighted by atomic mass is 10.1. The molecule has 1 aromatic heterocycles. The second-order valence-electron chi connectivity index (χ2n) is 4.83. The van der Waals surface area contributed by atoms with Crippen LogP contribution in [0.3, 0.4) is 0 Å². The molecule has 1 aliphatic rings. The highest BCUT2D eigenvalue weighted by Gasteiger charge is 2.34. The molecule has 0 saturated heterocycles. The molecule has 4 heteroatoms. The molecule has 1 aromatic carbocycles. The van der Waals surface area contributed by atoms with Gasteiger partial charge in [0.15, 0.2) is 12.0 Å². The van der Waals surface area contributed by atoms with E-state index < -0.39 is 5.97 Å². The minimum atomic E-state index is -0.390. The minimum absolute atomic E-state index is 0.123. The topological polar surface area (TPSA) is 50.4 Å². The summed E-state index contributed by atoms with van der Waals surface area (Å²) in [5.74, 6) is -0.268. The van der Waals surface area contributed by atoms with Gasteiger partial charge in [0.25, 0.3) is 5.70 Å². The van der Waals surface area contributed by atoms with E-state index in [-0.39, 0.29) is 5.76 Å². The third-order valence-electron chi connectivity index (χ3n) is 3.46. The van der Waals surface area contributed by atoms with Gasteiger partial charge in [-0.15, -0.1) is 0 Å². The van der Waals surface area contributed by atoms with Crippen molar-refractivity contribution in [1.29, 1.82) is 0 Å². The Bertz CT molecular complexity index is 776. The Labute approximate surface area is 128 Å². The van der Waals surface area contributed by atoms with Gasteiger partial charge in [-0.3, -0.25) is 0 Å². The van der Waals surface area contributed by atoms with Crippen LogP contribution in [0.1, 0.15) is 18.2 Å².